The maximum Gasteiger partial charge on any atom is 0.362 e. The molecule has 0 bridgehead atoms. The molecule has 0 aliphatic carbocycles. The summed E-state index contributed by atoms with van der Waals surface area (Å²) in [6.45, 7) is 3.59. The van der Waals surface area contributed by atoms with Gasteiger partial charge in [0, 0.05) is 20.7 Å². The van der Waals surface area contributed by atoms with Crippen LogP contribution in [0.2, 0.25) is 0 Å². The van der Waals surface area contributed by atoms with Crippen molar-refractivity contribution in [2.24, 2.45) is 0 Å². The van der Waals surface area contributed by atoms with Crippen molar-refractivity contribution < 1.29 is 9.53 Å². The number of aryl methyl sites for hydroxylation is 2. The number of halogens is 2. The third-order valence-electron chi connectivity index (χ3n) is 2.87. The number of nitrogens with zero attached hydrogens (tertiary/aromatic N) is 2. The standard InChI is InChI=1S/C14H12Br2N2O3/c1-7-4-9(15)12(10(16)5-7)18-6-8(2)13(19)11(17-18)14(20)21-3/h4-6H,1-3H3. The van der Waals surface area contributed by atoms with Crippen LogP contribution in [-0.4, -0.2) is 22.9 Å². The molecule has 0 radical (unpaired) electrons. The van der Waals surface area contributed by atoms with Crippen molar-refractivity contribution in [3.8, 4) is 5.69 Å². The van der Waals surface area contributed by atoms with Crippen LogP contribution < -0.4 is 5.43 Å². The fourth-order valence-electron chi connectivity index (χ4n) is 1.87. The molecule has 0 fully saturated rings. The number of carbonyl (C=O) groups is 1. The fourth-order valence-corrected chi connectivity index (χ4v) is 3.65. The van der Waals surface area contributed by atoms with Gasteiger partial charge in [-0.3, -0.25) is 4.79 Å². The van der Waals surface area contributed by atoms with Gasteiger partial charge >= 0.3 is 5.97 Å². The monoisotopic (exact) mass is 414 g/mol. The molecule has 7 heteroatoms. The summed E-state index contributed by atoms with van der Waals surface area (Å²) in [5, 5.41) is 4.10. The Morgan fingerprint density at radius 1 is 1.24 bits per heavy atom. The van der Waals surface area contributed by atoms with E-state index in [2.05, 4.69) is 41.7 Å². The van der Waals surface area contributed by atoms with Crippen LogP contribution >= 0.6 is 31.9 Å². The van der Waals surface area contributed by atoms with E-state index in [1.807, 2.05) is 19.1 Å². The lowest BCUT2D eigenvalue weighted by Gasteiger charge is -2.13. The van der Waals surface area contributed by atoms with Gasteiger partial charge in [0.1, 0.15) is 0 Å². The van der Waals surface area contributed by atoms with Crippen molar-refractivity contribution >= 4 is 37.8 Å². The number of aromatic nitrogens is 2. The number of esters is 1. The smallest absolute Gasteiger partial charge is 0.362 e. The predicted molar refractivity (Wildman–Crippen MR) is 86.0 cm³/mol. The summed E-state index contributed by atoms with van der Waals surface area (Å²) in [7, 11) is 1.22. The van der Waals surface area contributed by atoms with Crippen LogP contribution in [0.1, 0.15) is 21.6 Å². The predicted octanol–water partition coefficient (Wildman–Crippen LogP) is 3.16. The van der Waals surface area contributed by atoms with Gasteiger partial charge in [0.25, 0.3) is 0 Å². The minimum atomic E-state index is -0.753. The molecule has 0 N–H and O–H groups in total. The SMILES string of the molecule is COC(=O)c1nn(-c2c(Br)cc(C)cc2Br)cc(C)c1=O. The van der Waals surface area contributed by atoms with E-state index in [1.54, 1.807) is 13.1 Å². The van der Waals surface area contributed by atoms with Crippen LogP contribution in [0.4, 0.5) is 0 Å². The molecule has 2 aromatic rings. The minimum absolute atomic E-state index is 0.239. The minimum Gasteiger partial charge on any atom is -0.464 e. The van der Waals surface area contributed by atoms with E-state index in [4.69, 9.17) is 0 Å². The van der Waals surface area contributed by atoms with Gasteiger partial charge in [0.15, 0.2) is 0 Å². The van der Waals surface area contributed by atoms with Gasteiger partial charge in [0.05, 0.1) is 12.8 Å². The van der Waals surface area contributed by atoms with Gasteiger partial charge in [-0.2, -0.15) is 5.10 Å². The van der Waals surface area contributed by atoms with E-state index in [-0.39, 0.29) is 5.69 Å². The van der Waals surface area contributed by atoms with Crippen LogP contribution in [0, 0.1) is 13.8 Å². The number of carbonyl (C=O) groups excluding carboxylic acids is 1. The van der Waals surface area contributed by atoms with Crippen molar-refractivity contribution in [2.75, 3.05) is 7.11 Å². The number of methoxy groups -OCH3 is 1. The highest BCUT2D eigenvalue weighted by Crippen LogP contribution is 2.30. The molecule has 0 aliphatic rings. The lowest BCUT2D eigenvalue weighted by molar-refractivity contribution is 0.0590. The second-order valence-electron chi connectivity index (χ2n) is 4.50. The molecule has 0 saturated heterocycles. The lowest BCUT2D eigenvalue weighted by Crippen LogP contribution is -2.24. The normalized spacial score (nSPS) is 10.5. The Balaban J connectivity index is 2.74. The number of benzene rings is 1. The van der Waals surface area contributed by atoms with Crippen molar-refractivity contribution in [2.45, 2.75) is 13.8 Å². The summed E-state index contributed by atoms with van der Waals surface area (Å²) in [6.07, 6.45) is 1.58. The molecule has 0 saturated carbocycles. The van der Waals surface area contributed by atoms with Crippen molar-refractivity contribution in [3.63, 3.8) is 0 Å². The van der Waals surface area contributed by atoms with Crippen LogP contribution in [-0.2, 0) is 4.74 Å². The third kappa shape index (κ3) is 3.08. The van der Waals surface area contributed by atoms with Gasteiger partial charge in [-0.05, 0) is 63.4 Å². The average molecular weight is 416 g/mol. The molecule has 0 aliphatic heterocycles. The summed E-state index contributed by atoms with van der Waals surface area (Å²) in [5.41, 5.74) is 1.50. The van der Waals surface area contributed by atoms with Crippen LogP contribution in [0.25, 0.3) is 5.69 Å². The Bertz CT molecular complexity index is 761. The lowest BCUT2D eigenvalue weighted by atomic mass is 10.2. The molecule has 1 aromatic heterocycles. The van der Waals surface area contributed by atoms with Crippen LogP contribution in [0.5, 0.6) is 0 Å². The molecule has 110 valence electrons. The molecule has 0 unspecified atom stereocenters. The summed E-state index contributed by atoms with van der Waals surface area (Å²) in [4.78, 5) is 23.6. The zero-order valence-electron chi connectivity index (χ0n) is 11.6. The molecule has 0 spiro atoms. The van der Waals surface area contributed by atoms with E-state index >= 15 is 0 Å². The Morgan fingerprint density at radius 2 is 1.81 bits per heavy atom. The molecule has 0 atom stereocenters. The largest absolute Gasteiger partial charge is 0.464 e. The van der Waals surface area contributed by atoms with Gasteiger partial charge in [-0.25, -0.2) is 9.48 Å². The van der Waals surface area contributed by atoms with Gasteiger partial charge < -0.3 is 4.74 Å². The van der Waals surface area contributed by atoms with Crippen molar-refractivity contribution in [1.82, 2.24) is 9.78 Å². The van der Waals surface area contributed by atoms with Crippen molar-refractivity contribution in [3.05, 3.63) is 54.3 Å². The number of hydrogen-bond donors (Lipinski definition) is 0. The Labute approximate surface area is 138 Å². The summed E-state index contributed by atoms with van der Waals surface area (Å²) in [6, 6.07) is 3.85. The van der Waals surface area contributed by atoms with Crippen LogP contribution in [0.15, 0.2) is 32.1 Å². The third-order valence-corrected chi connectivity index (χ3v) is 4.07. The second kappa shape index (κ2) is 6.11. The molecular formula is C14H12Br2N2O3. The first-order valence-electron chi connectivity index (χ1n) is 6.00. The first-order chi connectivity index (χ1) is 9.85. The maximum absolute atomic E-state index is 12.0. The molecule has 1 aromatic carbocycles. The molecule has 2 rings (SSSR count). The number of ether oxygens (including phenoxy) is 1. The van der Waals surface area contributed by atoms with Crippen LogP contribution in [0.3, 0.4) is 0 Å². The Morgan fingerprint density at radius 3 is 2.33 bits per heavy atom. The highest BCUT2D eigenvalue weighted by atomic mass is 79.9. The van der Waals surface area contributed by atoms with E-state index in [0.717, 1.165) is 14.5 Å². The van der Waals surface area contributed by atoms with E-state index in [1.165, 1.54) is 11.8 Å². The molecular weight excluding hydrogens is 404 g/mol. The average Bonchev–Trinajstić information content (AvgIpc) is 2.40. The summed E-state index contributed by atoms with van der Waals surface area (Å²) >= 11 is 6.94. The van der Waals surface area contributed by atoms with Gasteiger partial charge in [0.2, 0.25) is 11.1 Å². The summed E-state index contributed by atoms with van der Waals surface area (Å²) < 4.78 is 7.67. The zero-order valence-corrected chi connectivity index (χ0v) is 14.8. The number of rotatable bonds is 2. The molecule has 5 nitrogen and oxygen atoms in total. The van der Waals surface area contributed by atoms with Gasteiger partial charge in [-0.15, -0.1) is 0 Å². The molecule has 1 heterocycles. The highest BCUT2D eigenvalue weighted by Gasteiger charge is 2.18. The Kier molecular flexibility index (Phi) is 4.63. The van der Waals surface area contributed by atoms with E-state index in [0.29, 0.717) is 11.3 Å². The fraction of sp³-hybridized carbons (Fsp3) is 0.214. The van der Waals surface area contributed by atoms with Crippen molar-refractivity contribution in [1.29, 1.82) is 0 Å². The Hall–Kier alpha value is -1.47. The van der Waals surface area contributed by atoms with Gasteiger partial charge in [-0.1, -0.05) is 0 Å². The molecule has 0 amide bonds. The quantitative estimate of drug-likeness (QED) is 0.706. The van der Waals surface area contributed by atoms with E-state index < -0.39 is 11.4 Å². The topological polar surface area (TPSA) is 61.2 Å². The number of hydrogen-bond acceptors (Lipinski definition) is 4. The second-order valence-corrected chi connectivity index (χ2v) is 6.21. The first kappa shape index (κ1) is 15.9. The maximum atomic E-state index is 12.0. The first-order valence-corrected chi connectivity index (χ1v) is 7.58. The summed E-state index contributed by atoms with van der Waals surface area (Å²) in [5.74, 6) is -0.753. The van der Waals surface area contributed by atoms with E-state index in [9.17, 15) is 9.59 Å². The highest BCUT2D eigenvalue weighted by molar-refractivity contribution is 9.11. The zero-order chi connectivity index (χ0) is 15.7. The molecule has 21 heavy (non-hydrogen) atoms.